The normalized spacial score (nSPS) is 17.3. The van der Waals surface area contributed by atoms with Crippen LogP contribution in [0.15, 0.2) is 4.99 Å². The Bertz CT molecular complexity index is 454. The van der Waals surface area contributed by atoms with Crippen LogP contribution in [0.5, 0.6) is 0 Å². The van der Waals surface area contributed by atoms with Gasteiger partial charge >= 0.3 is 5.97 Å². The van der Waals surface area contributed by atoms with E-state index in [-0.39, 0.29) is 17.9 Å². The topological polar surface area (TPSA) is 83.0 Å². The average Bonchev–Trinajstić information content (AvgIpc) is 3.11. The van der Waals surface area contributed by atoms with E-state index in [9.17, 15) is 9.59 Å². The summed E-state index contributed by atoms with van der Waals surface area (Å²) in [6.45, 7) is 6.66. The van der Waals surface area contributed by atoms with Crippen LogP contribution in [0.2, 0.25) is 0 Å². The van der Waals surface area contributed by atoms with E-state index in [1.54, 1.807) is 7.05 Å². The highest BCUT2D eigenvalue weighted by molar-refractivity contribution is 5.80. The molecule has 1 heterocycles. The van der Waals surface area contributed by atoms with Gasteiger partial charge in [-0.05, 0) is 26.2 Å². The molecule has 0 bridgehead atoms. The third-order valence-corrected chi connectivity index (χ3v) is 4.56. The van der Waals surface area contributed by atoms with Gasteiger partial charge in [0, 0.05) is 45.6 Å². The quantitative estimate of drug-likeness (QED) is 0.252. The third-order valence-electron chi connectivity index (χ3n) is 4.56. The van der Waals surface area contributed by atoms with Gasteiger partial charge < -0.3 is 20.3 Å². The second kappa shape index (κ2) is 13.4. The highest BCUT2D eigenvalue weighted by atomic mass is 16.5. The highest BCUT2D eigenvalue weighted by Gasteiger charge is 2.25. The number of carbonyl (C=O) groups excluding carboxylic acids is 2. The Hall–Kier alpha value is -1.79. The fourth-order valence-corrected chi connectivity index (χ4v) is 3.08. The van der Waals surface area contributed by atoms with Crippen molar-refractivity contribution < 1.29 is 14.3 Å². The summed E-state index contributed by atoms with van der Waals surface area (Å²) < 4.78 is 4.92. The number of aliphatic imine (C=N–C) groups is 1. The summed E-state index contributed by atoms with van der Waals surface area (Å²) in [5, 5.41) is 6.75. The van der Waals surface area contributed by atoms with E-state index in [1.807, 2.05) is 18.7 Å². The number of nitrogens with one attached hydrogen (secondary N) is 2. The number of unbranched alkanes of at least 4 members (excludes halogenated alkanes) is 4. The van der Waals surface area contributed by atoms with Gasteiger partial charge in [-0.1, -0.05) is 26.2 Å². The first-order valence-electron chi connectivity index (χ1n) is 10.0. The van der Waals surface area contributed by atoms with Gasteiger partial charge in [0.2, 0.25) is 5.91 Å². The van der Waals surface area contributed by atoms with Crippen LogP contribution >= 0.6 is 0 Å². The summed E-state index contributed by atoms with van der Waals surface area (Å²) in [7, 11) is 1.77. The molecule has 0 aromatic carbocycles. The Kier molecular flexibility index (Phi) is 11.5. The van der Waals surface area contributed by atoms with Crippen molar-refractivity contribution >= 4 is 17.8 Å². The van der Waals surface area contributed by atoms with Gasteiger partial charge in [-0.2, -0.15) is 0 Å². The van der Waals surface area contributed by atoms with Gasteiger partial charge in [0.1, 0.15) is 0 Å². The molecular weight excluding hydrogens is 332 g/mol. The number of carbonyl (C=O) groups is 2. The van der Waals surface area contributed by atoms with Crippen molar-refractivity contribution in [1.29, 1.82) is 0 Å². The molecule has 1 unspecified atom stereocenters. The van der Waals surface area contributed by atoms with Gasteiger partial charge in [-0.3, -0.25) is 14.6 Å². The zero-order chi connectivity index (χ0) is 19.2. The number of hydrogen-bond acceptors (Lipinski definition) is 4. The minimum absolute atomic E-state index is 0.0878. The van der Waals surface area contributed by atoms with Crippen molar-refractivity contribution in [3.05, 3.63) is 0 Å². The number of likely N-dealkylation sites (tertiary alicyclic amines) is 1. The van der Waals surface area contributed by atoms with E-state index in [0.717, 1.165) is 64.1 Å². The van der Waals surface area contributed by atoms with Crippen LogP contribution in [0.1, 0.15) is 65.2 Å². The minimum atomic E-state index is -0.0878. The van der Waals surface area contributed by atoms with E-state index in [2.05, 4.69) is 15.6 Å². The van der Waals surface area contributed by atoms with Crippen molar-refractivity contribution in [2.75, 3.05) is 33.3 Å². The molecule has 0 aromatic heterocycles. The minimum Gasteiger partial charge on any atom is -0.466 e. The van der Waals surface area contributed by atoms with Crippen LogP contribution < -0.4 is 10.6 Å². The summed E-state index contributed by atoms with van der Waals surface area (Å²) >= 11 is 0. The Morgan fingerprint density at radius 1 is 1.15 bits per heavy atom. The average molecular weight is 369 g/mol. The number of hydrogen-bond donors (Lipinski definition) is 2. The van der Waals surface area contributed by atoms with Gasteiger partial charge in [0.05, 0.1) is 6.61 Å². The monoisotopic (exact) mass is 368 g/mol. The van der Waals surface area contributed by atoms with Crippen molar-refractivity contribution in [3.63, 3.8) is 0 Å². The van der Waals surface area contributed by atoms with E-state index in [4.69, 9.17) is 4.74 Å². The molecule has 1 fully saturated rings. The van der Waals surface area contributed by atoms with Crippen LogP contribution in [0.4, 0.5) is 0 Å². The molecule has 7 nitrogen and oxygen atoms in total. The summed E-state index contributed by atoms with van der Waals surface area (Å²) in [5.74, 6) is 0.943. The number of guanidine groups is 1. The summed E-state index contributed by atoms with van der Waals surface area (Å²) in [6.07, 6.45) is 7.37. The smallest absolute Gasteiger partial charge is 0.305 e. The lowest BCUT2D eigenvalue weighted by Gasteiger charge is -2.18. The summed E-state index contributed by atoms with van der Waals surface area (Å²) in [6, 6.07) is 0.277. The highest BCUT2D eigenvalue weighted by Crippen LogP contribution is 2.10. The standard InChI is InChI=1S/C19H36N4O3/c1-4-17(24)23-14-12-16(15-23)22-19(20-3)21-13-10-8-6-7-9-11-18(25)26-5-2/h16H,4-15H2,1-3H3,(H2,20,21,22). The second-order valence-corrected chi connectivity index (χ2v) is 6.65. The lowest BCUT2D eigenvalue weighted by molar-refractivity contribution is -0.143. The molecule has 0 aliphatic carbocycles. The summed E-state index contributed by atoms with van der Waals surface area (Å²) in [5.41, 5.74) is 0. The molecule has 1 aliphatic heterocycles. The molecule has 0 spiro atoms. The fraction of sp³-hybridized carbons (Fsp3) is 0.842. The Balaban J connectivity index is 2.05. The predicted octanol–water partition coefficient (Wildman–Crippen LogP) is 2.07. The number of nitrogens with zero attached hydrogens (tertiary/aromatic N) is 2. The van der Waals surface area contributed by atoms with Gasteiger partial charge in [-0.15, -0.1) is 0 Å². The lowest BCUT2D eigenvalue weighted by Crippen LogP contribution is -2.45. The van der Waals surface area contributed by atoms with Crippen LogP contribution in [-0.4, -0.2) is 62.1 Å². The number of esters is 1. The summed E-state index contributed by atoms with van der Waals surface area (Å²) in [4.78, 5) is 29.1. The van der Waals surface area contributed by atoms with Crippen molar-refractivity contribution in [3.8, 4) is 0 Å². The van der Waals surface area contributed by atoms with E-state index < -0.39 is 0 Å². The number of rotatable bonds is 11. The number of ether oxygens (including phenoxy) is 1. The first kappa shape index (κ1) is 22.3. The molecular formula is C19H36N4O3. The maximum absolute atomic E-state index is 11.7. The van der Waals surface area contributed by atoms with Gasteiger partial charge in [-0.25, -0.2) is 0 Å². The first-order chi connectivity index (χ1) is 12.6. The van der Waals surface area contributed by atoms with Crippen LogP contribution in [0.25, 0.3) is 0 Å². The molecule has 1 saturated heterocycles. The molecule has 0 aromatic rings. The number of amides is 1. The first-order valence-corrected chi connectivity index (χ1v) is 10.0. The zero-order valence-corrected chi connectivity index (χ0v) is 16.7. The zero-order valence-electron chi connectivity index (χ0n) is 16.7. The predicted molar refractivity (Wildman–Crippen MR) is 104 cm³/mol. The second-order valence-electron chi connectivity index (χ2n) is 6.65. The molecule has 2 N–H and O–H groups in total. The molecule has 150 valence electrons. The van der Waals surface area contributed by atoms with Crippen molar-refractivity contribution in [1.82, 2.24) is 15.5 Å². The Morgan fingerprint density at radius 3 is 2.58 bits per heavy atom. The molecule has 1 amide bonds. The third kappa shape index (κ3) is 9.06. The van der Waals surface area contributed by atoms with E-state index in [0.29, 0.717) is 19.4 Å². The largest absolute Gasteiger partial charge is 0.466 e. The van der Waals surface area contributed by atoms with Crippen molar-refractivity contribution in [2.45, 2.75) is 71.3 Å². The molecule has 1 rings (SSSR count). The van der Waals surface area contributed by atoms with Gasteiger partial charge in [0.25, 0.3) is 0 Å². The molecule has 1 aliphatic rings. The molecule has 1 atom stereocenters. The fourth-order valence-electron chi connectivity index (χ4n) is 3.08. The lowest BCUT2D eigenvalue weighted by atomic mass is 10.1. The molecule has 7 heteroatoms. The maximum Gasteiger partial charge on any atom is 0.305 e. The van der Waals surface area contributed by atoms with Crippen LogP contribution in [0.3, 0.4) is 0 Å². The molecule has 0 saturated carbocycles. The van der Waals surface area contributed by atoms with Gasteiger partial charge in [0.15, 0.2) is 5.96 Å². The van der Waals surface area contributed by atoms with Crippen molar-refractivity contribution in [2.24, 2.45) is 4.99 Å². The Labute approximate surface area is 157 Å². The van der Waals surface area contributed by atoms with Crippen LogP contribution in [-0.2, 0) is 14.3 Å². The maximum atomic E-state index is 11.7. The van der Waals surface area contributed by atoms with E-state index in [1.165, 1.54) is 0 Å². The van der Waals surface area contributed by atoms with Crippen LogP contribution in [0, 0.1) is 0 Å². The SMILES string of the molecule is CCOC(=O)CCCCCCCNC(=NC)NC1CCN(C(=O)CC)C1. The Morgan fingerprint density at radius 2 is 1.88 bits per heavy atom. The molecule has 0 radical (unpaired) electrons. The molecule has 26 heavy (non-hydrogen) atoms. The van der Waals surface area contributed by atoms with E-state index >= 15 is 0 Å².